The summed E-state index contributed by atoms with van der Waals surface area (Å²) < 4.78 is 0. The fraction of sp³-hybridized carbons (Fsp3) is 0.833. The van der Waals surface area contributed by atoms with E-state index in [1.165, 1.54) is 0 Å². The first-order valence-corrected chi connectivity index (χ1v) is 5.82. The maximum atomic E-state index is 11.8. The van der Waals surface area contributed by atoms with Crippen LogP contribution in [0.4, 0.5) is 0 Å². The van der Waals surface area contributed by atoms with Crippen LogP contribution in [0.3, 0.4) is 0 Å². The Kier molecular flexibility index (Phi) is 3.93. The molecule has 0 aromatic carbocycles. The second kappa shape index (κ2) is 4.84. The van der Waals surface area contributed by atoms with Gasteiger partial charge in [0.05, 0.1) is 6.07 Å². The highest BCUT2D eigenvalue weighted by Crippen LogP contribution is 2.48. The number of nitrogens with one attached hydrogen (secondary N) is 1. The molecule has 16 heavy (non-hydrogen) atoms. The van der Waals surface area contributed by atoms with Gasteiger partial charge in [-0.05, 0) is 38.0 Å². The second-order valence-electron chi connectivity index (χ2n) is 4.95. The topological polar surface area (TPSA) is 73.1 Å². The minimum absolute atomic E-state index is 0.106. The molecule has 1 unspecified atom stereocenters. The summed E-state index contributed by atoms with van der Waals surface area (Å²) in [5.41, 5.74) is -0.816. The molecule has 1 atom stereocenters. The number of amides is 1. The van der Waals surface area contributed by atoms with E-state index in [2.05, 4.69) is 11.4 Å². The van der Waals surface area contributed by atoms with Crippen molar-refractivity contribution in [3.63, 3.8) is 0 Å². The SMILES string of the molecule is CCC(C)(C#N)C(=O)NCC1(CCO)CC1. The maximum absolute atomic E-state index is 11.8. The highest BCUT2D eigenvalue weighted by Gasteiger charge is 2.43. The standard InChI is InChI=1S/C12H20N2O2/c1-3-11(2,8-13)10(16)14-9-12(4-5-12)6-7-15/h15H,3-7,9H2,1-2H3,(H,14,16). The van der Waals surface area contributed by atoms with Gasteiger partial charge in [0.2, 0.25) is 5.91 Å². The number of nitriles is 1. The molecule has 1 rings (SSSR count). The number of aliphatic hydroxyl groups excluding tert-OH is 1. The van der Waals surface area contributed by atoms with Crippen molar-refractivity contribution < 1.29 is 9.90 Å². The third-order valence-corrected chi connectivity index (χ3v) is 3.68. The number of carbonyl (C=O) groups excluding carboxylic acids is 1. The molecule has 4 heteroatoms. The van der Waals surface area contributed by atoms with Gasteiger partial charge < -0.3 is 10.4 Å². The Bertz CT molecular complexity index is 305. The molecule has 1 aliphatic carbocycles. The van der Waals surface area contributed by atoms with Gasteiger partial charge in [-0.1, -0.05) is 6.92 Å². The van der Waals surface area contributed by atoms with E-state index in [1.807, 2.05) is 6.92 Å². The van der Waals surface area contributed by atoms with Crippen LogP contribution < -0.4 is 5.32 Å². The van der Waals surface area contributed by atoms with E-state index in [0.717, 1.165) is 19.3 Å². The summed E-state index contributed by atoms with van der Waals surface area (Å²) in [7, 11) is 0. The quantitative estimate of drug-likeness (QED) is 0.712. The normalized spacial score (nSPS) is 20.6. The average molecular weight is 224 g/mol. The maximum Gasteiger partial charge on any atom is 0.240 e. The molecule has 2 N–H and O–H groups in total. The summed E-state index contributed by atoms with van der Waals surface area (Å²) in [6, 6.07) is 2.06. The predicted octanol–water partition coefficient (Wildman–Crippen LogP) is 1.21. The van der Waals surface area contributed by atoms with E-state index in [-0.39, 0.29) is 17.9 Å². The first-order chi connectivity index (χ1) is 7.52. The Balaban J connectivity index is 2.44. The summed E-state index contributed by atoms with van der Waals surface area (Å²) in [5, 5.41) is 20.7. The Morgan fingerprint density at radius 1 is 1.62 bits per heavy atom. The first-order valence-electron chi connectivity index (χ1n) is 5.82. The van der Waals surface area contributed by atoms with Crippen LogP contribution in [0.2, 0.25) is 0 Å². The van der Waals surface area contributed by atoms with Crippen molar-refractivity contribution >= 4 is 5.91 Å². The third-order valence-electron chi connectivity index (χ3n) is 3.68. The summed E-state index contributed by atoms with van der Waals surface area (Å²) in [6.45, 7) is 4.25. The third kappa shape index (κ3) is 2.73. The number of carbonyl (C=O) groups is 1. The highest BCUT2D eigenvalue weighted by atomic mass is 16.3. The Labute approximate surface area is 96.6 Å². The summed E-state index contributed by atoms with van der Waals surface area (Å²) >= 11 is 0. The molecule has 1 aliphatic rings. The van der Waals surface area contributed by atoms with Gasteiger partial charge in [-0.2, -0.15) is 5.26 Å². The molecule has 4 nitrogen and oxygen atoms in total. The molecule has 0 spiro atoms. The van der Waals surface area contributed by atoms with Crippen LogP contribution in [0, 0.1) is 22.2 Å². The predicted molar refractivity (Wildman–Crippen MR) is 60.4 cm³/mol. The molecule has 90 valence electrons. The smallest absolute Gasteiger partial charge is 0.240 e. The van der Waals surface area contributed by atoms with Crippen molar-refractivity contribution in [2.75, 3.05) is 13.2 Å². The Hall–Kier alpha value is -1.08. The second-order valence-corrected chi connectivity index (χ2v) is 4.95. The van der Waals surface area contributed by atoms with E-state index in [0.29, 0.717) is 13.0 Å². The fourth-order valence-corrected chi connectivity index (χ4v) is 1.68. The van der Waals surface area contributed by atoms with Gasteiger partial charge in [0, 0.05) is 13.2 Å². The van der Waals surface area contributed by atoms with Gasteiger partial charge >= 0.3 is 0 Å². The van der Waals surface area contributed by atoms with Crippen LogP contribution in [0.25, 0.3) is 0 Å². The van der Waals surface area contributed by atoms with E-state index >= 15 is 0 Å². The van der Waals surface area contributed by atoms with Gasteiger partial charge in [-0.25, -0.2) is 0 Å². The van der Waals surface area contributed by atoms with Crippen LogP contribution >= 0.6 is 0 Å². The molecule has 0 aliphatic heterocycles. The zero-order valence-corrected chi connectivity index (χ0v) is 10.0. The number of aliphatic hydroxyl groups is 1. The molecule has 0 saturated heterocycles. The molecule has 0 aromatic rings. The van der Waals surface area contributed by atoms with Crippen LogP contribution in [-0.2, 0) is 4.79 Å². The van der Waals surface area contributed by atoms with Crippen molar-refractivity contribution in [2.45, 2.75) is 39.5 Å². The molecule has 1 saturated carbocycles. The van der Waals surface area contributed by atoms with E-state index in [4.69, 9.17) is 10.4 Å². The van der Waals surface area contributed by atoms with Crippen LogP contribution in [0.1, 0.15) is 39.5 Å². The Morgan fingerprint density at radius 3 is 2.62 bits per heavy atom. The van der Waals surface area contributed by atoms with Gasteiger partial charge in [0.15, 0.2) is 0 Å². The van der Waals surface area contributed by atoms with Crippen LogP contribution in [-0.4, -0.2) is 24.2 Å². The van der Waals surface area contributed by atoms with Crippen LogP contribution in [0.5, 0.6) is 0 Å². The molecule has 0 bridgehead atoms. The lowest BCUT2D eigenvalue weighted by Gasteiger charge is -2.21. The number of rotatable bonds is 6. The van der Waals surface area contributed by atoms with Crippen molar-refractivity contribution in [3.05, 3.63) is 0 Å². The van der Waals surface area contributed by atoms with Gasteiger partial charge in [0.25, 0.3) is 0 Å². The monoisotopic (exact) mass is 224 g/mol. The largest absolute Gasteiger partial charge is 0.396 e. The van der Waals surface area contributed by atoms with Crippen LogP contribution in [0.15, 0.2) is 0 Å². The Morgan fingerprint density at radius 2 is 2.25 bits per heavy atom. The van der Waals surface area contributed by atoms with E-state index in [9.17, 15) is 4.79 Å². The molecule has 0 radical (unpaired) electrons. The number of hydrogen-bond acceptors (Lipinski definition) is 3. The lowest BCUT2D eigenvalue weighted by molar-refractivity contribution is -0.127. The summed E-state index contributed by atoms with van der Waals surface area (Å²) in [5.74, 6) is -0.193. The zero-order chi connectivity index (χ0) is 12.2. The van der Waals surface area contributed by atoms with Crippen molar-refractivity contribution in [1.82, 2.24) is 5.32 Å². The average Bonchev–Trinajstić information content (AvgIpc) is 3.06. The lowest BCUT2D eigenvalue weighted by Crippen LogP contribution is -2.40. The number of hydrogen-bond donors (Lipinski definition) is 2. The molecular weight excluding hydrogens is 204 g/mol. The number of nitrogens with zero attached hydrogens (tertiary/aromatic N) is 1. The molecule has 1 fully saturated rings. The van der Waals surface area contributed by atoms with Crippen molar-refractivity contribution in [1.29, 1.82) is 5.26 Å². The molecule has 1 amide bonds. The molecule has 0 heterocycles. The summed E-state index contributed by atoms with van der Waals surface area (Å²) in [6.07, 6.45) is 3.37. The fourth-order valence-electron chi connectivity index (χ4n) is 1.68. The van der Waals surface area contributed by atoms with Crippen molar-refractivity contribution in [2.24, 2.45) is 10.8 Å². The molecular formula is C12H20N2O2. The van der Waals surface area contributed by atoms with Crippen molar-refractivity contribution in [3.8, 4) is 6.07 Å². The van der Waals surface area contributed by atoms with E-state index in [1.54, 1.807) is 6.92 Å². The zero-order valence-electron chi connectivity index (χ0n) is 10.0. The minimum Gasteiger partial charge on any atom is -0.396 e. The lowest BCUT2D eigenvalue weighted by atomic mass is 9.88. The summed E-state index contributed by atoms with van der Waals surface area (Å²) in [4.78, 5) is 11.8. The van der Waals surface area contributed by atoms with Gasteiger partial charge in [-0.3, -0.25) is 4.79 Å². The first kappa shape index (κ1) is 13.0. The van der Waals surface area contributed by atoms with Gasteiger partial charge in [0.1, 0.15) is 5.41 Å². The van der Waals surface area contributed by atoms with E-state index < -0.39 is 5.41 Å². The van der Waals surface area contributed by atoms with Gasteiger partial charge in [-0.15, -0.1) is 0 Å². The minimum atomic E-state index is -0.921. The molecule has 0 aromatic heterocycles. The highest BCUT2D eigenvalue weighted by molar-refractivity contribution is 5.84.